The lowest BCUT2D eigenvalue weighted by Crippen LogP contribution is -2.40. The van der Waals surface area contributed by atoms with E-state index in [1.807, 2.05) is 35.0 Å². The van der Waals surface area contributed by atoms with E-state index in [0.717, 1.165) is 16.5 Å². The Balaban J connectivity index is 1.73. The highest BCUT2D eigenvalue weighted by Crippen LogP contribution is 2.40. The van der Waals surface area contributed by atoms with E-state index >= 15 is 0 Å². The third-order valence-electron chi connectivity index (χ3n) is 7.03. The number of hydrogen-bond donors (Lipinski definition) is 0. The number of para-hydroxylation sites is 1. The average molecular weight is 669 g/mol. The van der Waals surface area contributed by atoms with Gasteiger partial charge >= 0.3 is 11.9 Å². The first-order chi connectivity index (χ1) is 20.7. The molecule has 0 spiro atoms. The quantitative estimate of drug-likeness (QED) is 0.247. The van der Waals surface area contributed by atoms with Gasteiger partial charge in [-0.05, 0) is 50.6 Å². The molecule has 0 radical (unpaired) electrons. The first-order valence-corrected chi connectivity index (χ1v) is 15.2. The second-order valence-corrected chi connectivity index (χ2v) is 11.4. The molecule has 1 atom stereocenters. The Kier molecular flexibility index (Phi) is 8.88. The van der Waals surface area contributed by atoms with Gasteiger partial charge in [0.25, 0.3) is 5.56 Å². The number of nitrogens with zero attached hydrogens (tertiary/aromatic N) is 3. The maximum atomic E-state index is 14.2. The molecule has 2 aromatic carbocycles. The molecule has 0 unspecified atom stereocenters. The van der Waals surface area contributed by atoms with Crippen molar-refractivity contribution in [1.29, 1.82) is 0 Å². The first-order valence-electron chi connectivity index (χ1n) is 13.6. The summed E-state index contributed by atoms with van der Waals surface area (Å²) in [4.78, 5) is 44.9. The molecule has 0 N–H and O–H groups in total. The monoisotopic (exact) mass is 667 g/mol. The fourth-order valence-electron chi connectivity index (χ4n) is 5.17. The molecule has 0 fully saturated rings. The summed E-state index contributed by atoms with van der Waals surface area (Å²) in [5, 5.41) is 0.875. The molecule has 0 saturated carbocycles. The molecule has 0 aliphatic carbocycles. The lowest BCUT2D eigenvalue weighted by Gasteiger charge is -2.26. The zero-order valence-electron chi connectivity index (χ0n) is 24.3. The minimum Gasteiger partial charge on any atom is -0.493 e. The van der Waals surface area contributed by atoms with Crippen LogP contribution in [0.1, 0.15) is 37.9 Å². The van der Waals surface area contributed by atoms with Gasteiger partial charge < -0.3 is 23.5 Å². The van der Waals surface area contributed by atoms with Crippen LogP contribution in [0.3, 0.4) is 0 Å². The highest BCUT2D eigenvalue weighted by atomic mass is 79.9. The van der Waals surface area contributed by atoms with Crippen molar-refractivity contribution in [3.63, 3.8) is 0 Å². The number of allylic oxidation sites excluding steroid dienone is 1. The maximum Gasteiger partial charge on any atom is 0.338 e. The lowest BCUT2D eigenvalue weighted by molar-refractivity contribution is -0.143. The number of halogens is 1. The first kappa shape index (κ1) is 30.3. The summed E-state index contributed by atoms with van der Waals surface area (Å²) >= 11 is 4.84. The molecule has 224 valence electrons. The minimum atomic E-state index is -0.850. The van der Waals surface area contributed by atoms with Gasteiger partial charge in [-0.25, -0.2) is 9.79 Å². The smallest absolute Gasteiger partial charge is 0.338 e. The summed E-state index contributed by atoms with van der Waals surface area (Å²) in [6.45, 7) is 5.71. The number of aromatic nitrogens is 2. The van der Waals surface area contributed by atoms with Gasteiger partial charge in [0.2, 0.25) is 0 Å². The Labute approximate surface area is 259 Å². The highest BCUT2D eigenvalue weighted by molar-refractivity contribution is 9.10. The van der Waals surface area contributed by atoms with Crippen LogP contribution in [0.4, 0.5) is 0 Å². The Morgan fingerprint density at radius 1 is 1.07 bits per heavy atom. The third-order valence-corrected chi connectivity index (χ3v) is 8.69. The van der Waals surface area contributed by atoms with Crippen LogP contribution in [0.5, 0.6) is 11.5 Å². The number of fused-ring (bicyclic) bond motifs is 2. The van der Waals surface area contributed by atoms with Crippen molar-refractivity contribution >= 4 is 56.2 Å². The largest absolute Gasteiger partial charge is 0.493 e. The van der Waals surface area contributed by atoms with Crippen LogP contribution in [0, 0.1) is 0 Å². The summed E-state index contributed by atoms with van der Waals surface area (Å²) in [5.41, 5.74) is 2.57. The van der Waals surface area contributed by atoms with Gasteiger partial charge in [0.05, 0.1) is 49.3 Å². The zero-order chi connectivity index (χ0) is 30.8. The highest BCUT2D eigenvalue weighted by Gasteiger charge is 2.35. The Morgan fingerprint density at radius 2 is 1.77 bits per heavy atom. The van der Waals surface area contributed by atoms with Gasteiger partial charge in [-0.15, -0.1) is 0 Å². The van der Waals surface area contributed by atoms with E-state index in [2.05, 4.69) is 20.9 Å². The molecule has 10 nitrogen and oxygen atoms in total. The molecule has 1 aliphatic rings. The fourth-order valence-corrected chi connectivity index (χ4v) is 6.75. The van der Waals surface area contributed by atoms with E-state index in [0.29, 0.717) is 36.6 Å². The van der Waals surface area contributed by atoms with Gasteiger partial charge in [0.1, 0.15) is 6.54 Å². The molecule has 4 aromatic rings. The Morgan fingerprint density at radius 3 is 2.47 bits per heavy atom. The molecule has 2 aromatic heterocycles. The number of methoxy groups -OCH3 is 2. The van der Waals surface area contributed by atoms with Crippen LogP contribution in [-0.4, -0.2) is 48.5 Å². The molecule has 1 aliphatic heterocycles. The molecule has 0 amide bonds. The van der Waals surface area contributed by atoms with Gasteiger partial charge in [0.15, 0.2) is 16.3 Å². The lowest BCUT2D eigenvalue weighted by atomic mass is 9.95. The minimum absolute atomic E-state index is 0.0405. The van der Waals surface area contributed by atoms with E-state index in [4.69, 9.17) is 18.9 Å². The van der Waals surface area contributed by atoms with E-state index in [1.54, 1.807) is 39.0 Å². The van der Waals surface area contributed by atoms with Crippen LogP contribution in [0.15, 0.2) is 68.1 Å². The molecule has 0 bridgehead atoms. The van der Waals surface area contributed by atoms with Gasteiger partial charge in [0, 0.05) is 27.1 Å². The van der Waals surface area contributed by atoms with E-state index in [-0.39, 0.29) is 36.9 Å². The standard InChI is InChI=1S/C31H30BrN3O7S/c1-6-41-26(36)16-34-15-18(19-10-8-9-11-22(19)34)12-25-29(37)35-28(20-13-23(39-4)24(40-5)14-21(20)32)27(30(38)42-7-2)17(3)33-31(35)43-25/h8-15,28H,6-7,16H2,1-5H3/b25-12-/t28-/m1/s1. The van der Waals surface area contributed by atoms with E-state index < -0.39 is 12.0 Å². The molecule has 12 heteroatoms. The van der Waals surface area contributed by atoms with Gasteiger partial charge in [-0.1, -0.05) is 45.5 Å². The van der Waals surface area contributed by atoms with Crippen molar-refractivity contribution in [2.24, 2.45) is 4.99 Å². The number of benzene rings is 2. The Bertz CT molecular complexity index is 1950. The molecular weight excluding hydrogens is 638 g/mol. The predicted octanol–water partition coefficient (Wildman–Crippen LogP) is 4.10. The number of esters is 2. The SMILES string of the molecule is CCOC(=O)Cn1cc(/C=c2\sc3n(c2=O)[C@H](c2cc(OC)c(OC)cc2Br)C(C(=O)OCC)=C(C)N=3)c2ccccc21. The topological polar surface area (TPSA) is 110 Å². The maximum absolute atomic E-state index is 14.2. The van der Waals surface area contributed by atoms with Crippen LogP contribution >= 0.6 is 27.3 Å². The molecule has 3 heterocycles. The van der Waals surface area contributed by atoms with Crippen LogP contribution in [0.2, 0.25) is 0 Å². The number of hydrogen-bond acceptors (Lipinski definition) is 9. The van der Waals surface area contributed by atoms with Crippen molar-refractivity contribution < 1.29 is 28.5 Å². The van der Waals surface area contributed by atoms with E-state index in [9.17, 15) is 14.4 Å². The molecular formula is C31H30BrN3O7S. The summed E-state index contributed by atoms with van der Waals surface area (Å²) in [5.74, 6) is 0.0154. The van der Waals surface area contributed by atoms with Gasteiger partial charge in [-0.3, -0.25) is 14.2 Å². The summed E-state index contributed by atoms with van der Waals surface area (Å²) < 4.78 is 25.9. The van der Waals surface area contributed by atoms with Gasteiger partial charge in [-0.2, -0.15) is 0 Å². The van der Waals surface area contributed by atoms with Crippen molar-refractivity contribution in [3.05, 3.63) is 89.2 Å². The van der Waals surface area contributed by atoms with Crippen molar-refractivity contribution in [2.75, 3.05) is 27.4 Å². The number of carbonyl (C=O) groups is 2. The fraction of sp³-hybridized carbons (Fsp3) is 0.290. The summed E-state index contributed by atoms with van der Waals surface area (Å²) in [7, 11) is 3.05. The van der Waals surface area contributed by atoms with E-state index in [1.165, 1.54) is 30.1 Å². The second kappa shape index (κ2) is 12.6. The molecule has 5 rings (SSSR count). The number of rotatable bonds is 9. The van der Waals surface area contributed by atoms with Crippen LogP contribution < -0.4 is 24.4 Å². The van der Waals surface area contributed by atoms with Crippen molar-refractivity contribution in [3.8, 4) is 11.5 Å². The average Bonchev–Trinajstić information content (AvgIpc) is 3.48. The normalized spacial score (nSPS) is 14.8. The summed E-state index contributed by atoms with van der Waals surface area (Å²) in [6, 6.07) is 10.3. The Hall–Kier alpha value is -4.16. The predicted molar refractivity (Wildman–Crippen MR) is 166 cm³/mol. The third kappa shape index (κ3) is 5.64. The second-order valence-electron chi connectivity index (χ2n) is 9.57. The van der Waals surface area contributed by atoms with Crippen molar-refractivity contribution in [1.82, 2.24) is 9.13 Å². The molecule has 43 heavy (non-hydrogen) atoms. The zero-order valence-corrected chi connectivity index (χ0v) is 26.7. The van der Waals surface area contributed by atoms with Crippen LogP contribution in [0.25, 0.3) is 17.0 Å². The molecule has 0 saturated heterocycles. The summed E-state index contributed by atoms with van der Waals surface area (Å²) in [6.07, 6.45) is 3.62. The number of carbonyl (C=O) groups excluding carboxylic acids is 2. The number of ether oxygens (including phenoxy) is 4. The van der Waals surface area contributed by atoms with Crippen molar-refractivity contribution in [2.45, 2.75) is 33.4 Å². The van der Waals surface area contributed by atoms with Crippen LogP contribution in [-0.2, 0) is 25.6 Å². The number of thiazole rings is 1.